The summed E-state index contributed by atoms with van der Waals surface area (Å²) in [5.74, 6) is -1.77. The summed E-state index contributed by atoms with van der Waals surface area (Å²) in [6.07, 6.45) is -6.21. The van der Waals surface area contributed by atoms with Crippen molar-refractivity contribution in [3.63, 3.8) is 0 Å². The lowest BCUT2D eigenvalue weighted by molar-refractivity contribution is -0.255. The Bertz CT molecular complexity index is 546. The molecule has 118 valence electrons. The molecular weight excluding hydrogens is 309 g/mol. The molecule has 0 saturated heterocycles. The van der Waals surface area contributed by atoms with E-state index >= 15 is 0 Å². The van der Waals surface area contributed by atoms with E-state index in [0.717, 1.165) is 9.75 Å². The van der Waals surface area contributed by atoms with Crippen molar-refractivity contribution in [1.29, 1.82) is 0 Å². The van der Waals surface area contributed by atoms with Crippen LogP contribution in [0.25, 0.3) is 0 Å². The van der Waals surface area contributed by atoms with E-state index in [9.17, 15) is 22.8 Å². The van der Waals surface area contributed by atoms with Gasteiger partial charge in [-0.1, -0.05) is 0 Å². The molecule has 0 radical (unpaired) electrons. The standard InChI is InChI=1S/C13H15F3O4S/c1-7-4-9(8(2)21-7)10(17)6-20-11(18)5-12(3,19)13(14,15)16/h4,19H,5-6H2,1-3H3. The van der Waals surface area contributed by atoms with Crippen molar-refractivity contribution in [2.24, 2.45) is 0 Å². The van der Waals surface area contributed by atoms with E-state index in [1.165, 1.54) is 11.3 Å². The van der Waals surface area contributed by atoms with E-state index < -0.39 is 36.6 Å². The van der Waals surface area contributed by atoms with Crippen molar-refractivity contribution in [2.75, 3.05) is 6.61 Å². The highest BCUT2D eigenvalue weighted by Gasteiger charge is 2.51. The molecule has 0 saturated carbocycles. The molecule has 1 unspecified atom stereocenters. The Morgan fingerprint density at radius 1 is 1.33 bits per heavy atom. The molecule has 1 heterocycles. The third-order valence-electron chi connectivity index (χ3n) is 2.80. The van der Waals surface area contributed by atoms with Crippen LogP contribution in [0.3, 0.4) is 0 Å². The topological polar surface area (TPSA) is 63.6 Å². The first kappa shape index (κ1) is 17.6. The lowest BCUT2D eigenvalue weighted by Gasteiger charge is -2.24. The monoisotopic (exact) mass is 324 g/mol. The molecule has 0 bridgehead atoms. The highest BCUT2D eigenvalue weighted by Crippen LogP contribution is 2.32. The predicted octanol–water partition coefficient (Wildman–Crippen LogP) is 2.79. The lowest BCUT2D eigenvalue weighted by Crippen LogP contribution is -2.44. The van der Waals surface area contributed by atoms with Crippen molar-refractivity contribution >= 4 is 23.1 Å². The molecule has 8 heteroatoms. The van der Waals surface area contributed by atoms with Crippen LogP contribution in [0.2, 0.25) is 0 Å². The number of alkyl halides is 3. The summed E-state index contributed by atoms with van der Waals surface area (Å²) in [5, 5.41) is 9.14. The molecule has 1 aromatic heterocycles. The summed E-state index contributed by atoms with van der Waals surface area (Å²) in [5.41, 5.74) is -2.80. The third kappa shape index (κ3) is 4.53. The van der Waals surface area contributed by atoms with E-state index in [-0.39, 0.29) is 0 Å². The number of Topliss-reactive ketones (excluding diaryl/α,β-unsaturated/α-hetero) is 1. The highest BCUT2D eigenvalue weighted by molar-refractivity contribution is 7.12. The minimum Gasteiger partial charge on any atom is -0.457 e. The molecule has 0 fully saturated rings. The van der Waals surface area contributed by atoms with Gasteiger partial charge >= 0.3 is 12.1 Å². The van der Waals surface area contributed by atoms with Gasteiger partial charge in [0.05, 0.1) is 6.42 Å². The Labute approximate surface area is 123 Å². The predicted molar refractivity (Wildman–Crippen MR) is 70.4 cm³/mol. The molecule has 0 aliphatic rings. The smallest absolute Gasteiger partial charge is 0.417 e. The van der Waals surface area contributed by atoms with E-state index in [1.54, 1.807) is 19.9 Å². The molecular formula is C13H15F3O4S. The van der Waals surface area contributed by atoms with Crippen LogP contribution in [0.5, 0.6) is 0 Å². The molecule has 1 atom stereocenters. The second-order valence-corrected chi connectivity index (χ2v) is 6.32. The summed E-state index contributed by atoms with van der Waals surface area (Å²) < 4.78 is 41.7. The van der Waals surface area contributed by atoms with Gasteiger partial charge in [-0.15, -0.1) is 11.3 Å². The summed E-state index contributed by atoms with van der Waals surface area (Å²) >= 11 is 1.40. The first-order valence-corrected chi connectivity index (χ1v) is 6.80. The number of esters is 1. The Morgan fingerprint density at radius 3 is 2.33 bits per heavy atom. The second-order valence-electron chi connectivity index (χ2n) is 4.86. The van der Waals surface area contributed by atoms with Gasteiger partial charge in [-0.05, 0) is 26.8 Å². The third-order valence-corrected chi connectivity index (χ3v) is 3.77. The van der Waals surface area contributed by atoms with Crippen LogP contribution in [-0.2, 0) is 9.53 Å². The van der Waals surface area contributed by atoms with Gasteiger partial charge in [0.1, 0.15) is 0 Å². The van der Waals surface area contributed by atoms with Crippen molar-refractivity contribution in [3.8, 4) is 0 Å². The normalized spacial score (nSPS) is 14.6. The summed E-state index contributed by atoms with van der Waals surface area (Å²) in [4.78, 5) is 24.7. The fraction of sp³-hybridized carbons (Fsp3) is 0.538. The van der Waals surface area contributed by atoms with Crippen LogP contribution < -0.4 is 0 Å². The Kier molecular flexibility index (Phi) is 5.16. The maximum atomic E-state index is 12.4. The van der Waals surface area contributed by atoms with Gasteiger partial charge in [-0.3, -0.25) is 9.59 Å². The quantitative estimate of drug-likeness (QED) is 0.668. The van der Waals surface area contributed by atoms with Gasteiger partial charge in [0.25, 0.3) is 0 Å². The van der Waals surface area contributed by atoms with Crippen molar-refractivity contribution in [3.05, 3.63) is 21.4 Å². The van der Waals surface area contributed by atoms with Crippen LogP contribution in [0.1, 0.15) is 33.5 Å². The number of aliphatic hydroxyl groups is 1. The average molecular weight is 324 g/mol. The Balaban J connectivity index is 2.58. The number of ether oxygens (including phenoxy) is 1. The van der Waals surface area contributed by atoms with Gasteiger partial charge in [0, 0.05) is 15.3 Å². The first-order chi connectivity index (χ1) is 9.44. The molecule has 0 aromatic carbocycles. The zero-order chi connectivity index (χ0) is 16.4. The van der Waals surface area contributed by atoms with Crippen LogP contribution in [-0.4, -0.2) is 35.2 Å². The highest BCUT2D eigenvalue weighted by atomic mass is 32.1. The van der Waals surface area contributed by atoms with Gasteiger partial charge in [-0.2, -0.15) is 13.2 Å². The molecule has 1 N–H and O–H groups in total. The average Bonchev–Trinajstić information content (AvgIpc) is 2.63. The largest absolute Gasteiger partial charge is 0.457 e. The number of carbonyl (C=O) groups is 2. The number of hydrogen-bond donors (Lipinski definition) is 1. The molecule has 0 aliphatic carbocycles. The molecule has 0 aliphatic heterocycles. The Morgan fingerprint density at radius 2 is 1.90 bits per heavy atom. The van der Waals surface area contributed by atoms with E-state index in [1.807, 2.05) is 0 Å². The van der Waals surface area contributed by atoms with E-state index in [0.29, 0.717) is 12.5 Å². The first-order valence-electron chi connectivity index (χ1n) is 5.99. The summed E-state index contributed by atoms with van der Waals surface area (Å²) in [6, 6.07) is 1.63. The lowest BCUT2D eigenvalue weighted by atomic mass is 10.0. The van der Waals surface area contributed by atoms with Gasteiger partial charge in [-0.25, -0.2) is 0 Å². The van der Waals surface area contributed by atoms with Crippen LogP contribution in [0.15, 0.2) is 6.07 Å². The number of aryl methyl sites for hydroxylation is 2. The van der Waals surface area contributed by atoms with Crippen LogP contribution in [0, 0.1) is 13.8 Å². The van der Waals surface area contributed by atoms with Gasteiger partial charge in [0.15, 0.2) is 12.2 Å². The summed E-state index contributed by atoms with van der Waals surface area (Å²) in [6.45, 7) is 3.36. The van der Waals surface area contributed by atoms with Crippen molar-refractivity contribution in [1.82, 2.24) is 0 Å². The number of halogens is 3. The van der Waals surface area contributed by atoms with Crippen LogP contribution >= 0.6 is 11.3 Å². The van der Waals surface area contributed by atoms with E-state index in [4.69, 9.17) is 5.11 Å². The maximum absolute atomic E-state index is 12.4. The minimum absolute atomic E-state index is 0.382. The minimum atomic E-state index is -4.95. The number of thiophene rings is 1. The zero-order valence-electron chi connectivity index (χ0n) is 11.7. The van der Waals surface area contributed by atoms with E-state index in [2.05, 4.69) is 4.74 Å². The molecule has 1 aromatic rings. The molecule has 1 rings (SSSR count). The van der Waals surface area contributed by atoms with Gasteiger partial charge < -0.3 is 9.84 Å². The number of ketones is 1. The molecule has 4 nitrogen and oxygen atoms in total. The fourth-order valence-electron chi connectivity index (χ4n) is 1.56. The fourth-order valence-corrected chi connectivity index (χ4v) is 2.51. The summed E-state index contributed by atoms with van der Waals surface area (Å²) in [7, 11) is 0. The molecule has 0 spiro atoms. The molecule has 0 amide bonds. The SMILES string of the molecule is Cc1cc(C(=O)COC(=O)CC(C)(O)C(F)(F)F)c(C)s1. The van der Waals surface area contributed by atoms with Crippen LogP contribution in [0.4, 0.5) is 13.2 Å². The second kappa shape index (κ2) is 6.15. The number of hydrogen-bond acceptors (Lipinski definition) is 5. The van der Waals surface area contributed by atoms with Crippen molar-refractivity contribution < 1.29 is 32.6 Å². The zero-order valence-corrected chi connectivity index (χ0v) is 12.5. The maximum Gasteiger partial charge on any atom is 0.417 e. The van der Waals surface area contributed by atoms with Gasteiger partial charge in [0.2, 0.25) is 5.78 Å². The van der Waals surface area contributed by atoms with Crippen molar-refractivity contribution in [2.45, 2.75) is 39.0 Å². The molecule has 21 heavy (non-hydrogen) atoms. The number of carbonyl (C=O) groups excluding carboxylic acids is 2. The Hall–Kier alpha value is -1.41. The number of rotatable bonds is 5.